The Labute approximate surface area is 122 Å². The van der Waals surface area contributed by atoms with Crippen molar-refractivity contribution in [1.29, 1.82) is 0 Å². The first kappa shape index (κ1) is 17.2. The molecular formula is C14H21F2NO2S. The molecule has 1 aromatic carbocycles. The SMILES string of the molecule is CSC(CO)C(C)NC(C)c1cccc(OC(F)F)c1. The minimum atomic E-state index is -2.82. The number of thioether (sulfide) groups is 1. The van der Waals surface area contributed by atoms with Crippen LogP contribution in [-0.2, 0) is 0 Å². The molecule has 0 spiro atoms. The Hall–Kier alpha value is -0.850. The number of aliphatic hydroxyl groups excluding tert-OH is 1. The highest BCUT2D eigenvalue weighted by atomic mass is 32.2. The number of ether oxygens (including phenoxy) is 1. The molecule has 114 valence electrons. The first-order chi connectivity index (χ1) is 9.47. The van der Waals surface area contributed by atoms with Crippen molar-refractivity contribution in [2.75, 3.05) is 12.9 Å². The van der Waals surface area contributed by atoms with E-state index < -0.39 is 6.61 Å². The first-order valence-corrected chi connectivity index (χ1v) is 7.71. The standard InChI is InChI=1S/C14H21F2NO2S/c1-9(17-10(2)13(8-18)20-3)11-5-4-6-12(7-11)19-14(15)16/h4-7,9-10,13-14,17-18H,8H2,1-3H3. The van der Waals surface area contributed by atoms with Crippen LogP contribution in [0.5, 0.6) is 5.75 Å². The van der Waals surface area contributed by atoms with E-state index >= 15 is 0 Å². The fraction of sp³-hybridized carbons (Fsp3) is 0.571. The number of aliphatic hydroxyl groups is 1. The van der Waals surface area contributed by atoms with Gasteiger partial charge in [-0.15, -0.1) is 0 Å². The van der Waals surface area contributed by atoms with Crippen LogP contribution in [0, 0.1) is 0 Å². The molecular weight excluding hydrogens is 284 g/mol. The molecule has 0 radical (unpaired) electrons. The van der Waals surface area contributed by atoms with E-state index in [0.29, 0.717) is 0 Å². The second-order valence-corrected chi connectivity index (χ2v) is 5.66. The van der Waals surface area contributed by atoms with Crippen LogP contribution in [0.25, 0.3) is 0 Å². The van der Waals surface area contributed by atoms with Gasteiger partial charge in [0.15, 0.2) is 0 Å². The summed E-state index contributed by atoms with van der Waals surface area (Å²) in [6.07, 6.45) is 1.95. The van der Waals surface area contributed by atoms with Gasteiger partial charge < -0.3 is 15.2 Å². The molecule has 0 heterocycles. The molecule has 1 aromatic rings. The Kier molecular flexibility index (Phi) is 7.26. The molecule has 6 heteroatoms. The van der Waals surface area contributed by atoms with Crippen molar-refractivity contribution in [3.63, 3.8) is 0 Å². The third-order valence-electron chi connectivity index (χ3n) is 3.14. The van der Waals surface area contributed by atoms with Gasteiger partial charge >= 0.3 is 6.61 Å². The quantitative estimate of drug-likeness (QED) is 0.774. The molecule has 3 unspecified atom stereocenters. The lowest BCUT2D eigenvalue weighted by Gasteiger charge is -2.25. The number of halogens is 2. The van der Waals surface area contributed by atoms with E-state index in [4.69, 9.17) is 0 Å². The van der Waals surface area contributed by atoms with E-state index in [1.54, 1.807) is 23.9 Å². The summed E-state index contributed by atoms with van der Waals surface area (Å²) >= 11 is 1.59. The normalized spacial score (nSPS) is 15.9. The van der Waals surface area contributed by atoms with Crippen molar-refractivity contribution >= 4 is 11.8 Å². The second kappa shape index (κ2) is 8.44. The van der Waals surface area contributed by atoms with Crippen LogP contribution in [0.3, 0.4) is 0 Å². The van der Waals surface area contributed by atoms with Crippen LogP contribution < -0.4 is 10.1 Å². The molecule has 0 aliphatic rings. The van der Waals surface area contributed by atoms with E-state index in [0.717, 1.165) is 5.56 Å². The molecule has 0 aromatic heterocycles. The highest BCUT2D eigenvalue weighted by Crippen LogP contribution is 2.22. The van der Waals surface area contributed by atoms with Crippen LogP contribution in [-0.4, -0.2) is 35.9 Å². The average molecular weight is 305 g/mol. The highest BCUT2D eigenvalue weighted by Gasteiger charge is 2.18. The molecule has 3 nitrogen and oxygen atoms in total. The Morgan fingerprint density at radius 1 is 1.35 bits per heavy atom. The maximum Gasteiger partial charge on any atom is 0.387 e. The number of benzene rings is 1. The van der Waals surface area contributed by atoms with Crippen LogP contribution in [0.2, 0.25) is 0 Å². The predicted octanol–water partition coefficient (Wildman–Crippen LogP) is 3.05. The number of alkyl halides is 2. The summed E-state index contributed by atoms with van der Waals surface area (Å²) in [6, 6.07) is 6.73. The maximum atomic E-state index is 12.2. The molecule has 0 fully saturated rings. The second-order valence-electron chi connectivity index (χ2n) is 4.58. The van der Waals surface area contributed by atoms with Gasteiger partial charge in [0.05, 0.1) is 6.61 Å². The minimum absolute atomic E-state index is 0.0209. The summed E-state index contributed by atoms with van der Waals surface area (Å²) in [5, 5.41) is 12.7. The van der Waals surface area contributed by atoms with E-state index in [-0.39, 0.29) is 29.7 Å². The Bertz CT molecular complexity index is 403. The Balaban J connectivity index is 2.69. The number of nitrogens with one attached hydrogen (secondary N) is 1. The van der Waals surface area contributed by atoms with Gasteiger partial charge in [0, 0.05) is 17.3 Å². The summed E-state index contributed by atoms with van der Waals surface area (Å²) in [4.78, 5) is 0. The van der Waals surface area contributed by atoms with Crippen molar-refractivity contribution in [3.8, 4) is 5.75 Å². The molecule has 0 aliphatic heterocycles. The zero-order chi connectivity index (χ0) is 15.1. The van der Waals surface area contributed by atoms with Gasteiger partial charge in [0.25, 0.3) is 0 Å². The molecule has 0 bridgehead atoms. The number of hydrogen-bond donors (Lipinski definition) is 2. The highest BCUT2D eigenvalue weighted by molar-refractivity contribution is 7.99. The molecule has 1 rings (SSSR count). The van der Waals surface area contributed by atoms with E-state index in [2.05, 4.69) is 10.1 Å². The largest absolute Gasteiger partial charge is 0.435 e. The predicted molar refractivity (Wildman–Crippen MR) is 78.5 cm³/mol. The van der Waals surface area contributed by atoms with E-state index in [1.807, 2.05) is 26.2 Å². The average Bonchev–Trinajstić information content (AvgIpc) is 2.39. The van der Waals surface area contributed by atoms with Gasteiger partial charge in [-0.05, 0) is 37.8 Å². The summed E-state index contributed by atoms with van der Waals surface area (Å²) in [7, 11) is 0. The molecule has 0 saturated carbocycles. The molecule has 20 heavy (non-hydrogen) atoms. The summed E-state index contributed by atoms with van der Waals surface area (Å²) in [5.74, 6) is 0.155. The Morgan fingerprint density at radius 2 is 2.05 bits per heavy atom. The van der Waals surface area contributed by atoms with Gasteiger partial charge in [0.2, 0.25) is 0 Å². The van der Waals surface area contributed by atoms with Crippen LogP contribution in [0.4, 0.5) is 8.78 Å². The Morgan fingerprint density at radius 3 is 2.60 bits per heavy atom. The molecule has 0 saturated heterocycles. The van der Waals surface area contributed by atoms with Crippen LogP contribution >= 0.6 is 11.8 Å². The summed E-state index contributed by atoms with van der Waals surface area (Å²) in [6.45, 7) is 1.22. The number of rotatable bonds is 8. The summed E-state index contributed by atoms with van der Waals surface area (Å²) in [5.41, 5.74) is 0.868. The smallest absolute Gasteiger partial charge is 0.387 e. The third kappa shape index (κ3) is 5.26. The molecule has 3 atom stereocenters. The minimum Gasteiger partial charge on any atom is -0.435 e. The van der Waals surface area contributed by atoms with Gasteiger partial charge in [0.1, 0.15) is 5.75 Å². The molecule has 2 N–H and O–H groups in total. The third-order valence-corrected chi connectivity index (χ3v) is 4.30. The van der Waals surface area contributed by atoms with E-state index in [9.17, 15) is 13.9 Å². The topological polar surface area (TPSA) is 41.5 Å². The fourth-order valence-electron chi connectivity index (χ4n) is 1.99. The van der Waals surface area contributed by atoms with Crippen molar-refractivity contribution in [2.45, 2.75) is 37.8 Å². The summed E-state index contributed by atoms with van der Waals surface area (Å²) < 4.78 is 28.8. The van der Waals surface area contributed by atoms with E-state index in [1.165, 1.54) is 6.07 Å². The lowest BCUT2D eigenvalue weighted by molar-refractivity contribution is -0.0499. The van der Waals surface area contributed by atoms with Crippen molar-refractivity contribution < 1.29 is 18.6 Å². The van der Waals surface area contributed by atoms with Crippen LogP contribution in [0.1, 0.15) is 25.5 Å². The lowest BCUT2D eigenvalue weighted by atomic mass is 10.1. The molecule has 0 amide bonds. The van der Waals surface area contributed by atoms with Gasteiger partial charge in [-0.2, -0.15) is 20.5 Å². The van der Waals surface area contributed by atoms with Gasteiger partial charge in [-0.25, -0.2) is 0 Å². The lowest BCUT2D eigenvalue weighted by Crippen LogP contribution is -2.38. The monoisotopic (exact) mass is 305 g/mol. The maximum absolute atomic E-state index is 12.2. The van der Waals surface area contributed by atoms with Crippen molar-refractivity contribution in [1.82, 2.24) is 5.32 Å². The first-order valence-electron chi connectivity index (χ1n) is 6.42. The molecule has 0 aliphatic carbocycles. The van der Waals surface area contributed by atoms with Crippen molar-refractivity contribution in [3.05, 3.63) is 29.8 Å². The zero-order valence-corrected chi connectivity index (χ0v) is 12.7. The number of hydrogen-bond acceptors (Lipinski definition) is 4. The van der Waals surface area contributed by atoms with Gasteiger partial charge in [-0.3, -0.25) is 0 Å². The fourth-order valence-corrected chi connectivity index (χ4v) is 2.63. The van der Waals surface area contributed by atoms with Gasteiger partial charge in [-0.1, -0.05) is 12.1 Å². The van der Waals surface area contributed by atoms with Crippen molar-refractivity contribution in [2.24, 2.45) is 0 Å². The zero-order valence-electron chi connectivity index (χ0n) is 11.8. The van der Waals surface area contributed by atoms with Crippen LogP contribution in [0.15, 0.2) is 24.3 Å².